The zero-order chi connectivity index (χ0) is 18.5. The normalized spacial score (nSPS) is 12.4. The number of benzene rings is 2. The standard InChI is InChI=1S/C20H21NO5/c1-14-5-3-4-6-16(14)12-21(13-19(22)24-2)20(23)15-7-8-17-18(11-15)26-10-9-25-17/h3-8,11H,9-10,12-13H2,1-2H3. The molecule has 2 aromatic rings. The van der Waals surface area contributed by atoms with Crippen molar-refractivity contribution < 1.29 is 23.8 Å². The average molecular weight is 355 g/mol. The monoisotopic (exact) mass is 355 g/mol. The summed E-state index contributed by atoms with van der Waals surface area (Å²) in [5.41, 5.74) is 2.46. The number of ether oxygens (including phenoxy) is 3. The van der Waals surface area contributed by atoms with Gasteiger partial charge < -0.3 is 19.1 Å². The van der Waals surface area contributed by atoms with Crippen molar-refractivity contribution in [3.63, 3.8) is 0 Å². The average Bonchev–Trinajstić information content (AvgIpc) is 2.68. The van der Waals surface area contributed by atoms with Gasteiger partial charge in [0, 0.05) is 12.1 Å². The Bertz CT molecular complexity index is 818. The summed E-state index contributed by atoms with van der Waals surface area (Å²) in [4.78, 5) is 26.3. The Morgan fingerprint density at radius 3 is 2.54 bits per heavy atom. The number of esters is 1. The van der Waals surface area contributed by atoms with Crippen molar-refractivity contribution in [1.82, 2.24) is 4.90 Å². The minimum Gasteiger partial charge on any atom is -0.486 e. The molecule has 1 heterocycles. The first-order valence-electron chi connectivity index (χ1n) is 8.38. The summed E-state index contributed by atoms with van der Waals surface area (Å²) in [6, 6.07) is 12.8. The van der Waals surface area contributed by atoms with E-state index in [-0.39, 0.29) is 12.5 Å². The molecule has 136 valence electrons. The van der Waals surface area contributed by atoms with Crippen LogP contribution in [0.3, 0.4) is 0 Å². The summed E-state index contributed by atoms with van der Waals surface area (Å²) < 4.78 is 15.8. The molecule has 1 aliphatic heterocycles. The second-order valence-electron chi connectivity index (χ2n) is 6.02. The van der Waals surface area contributed by atoms with Gasteiger partial charge in [0.25, 0.3) is 5.91 Å². The smallest absolute Gasteiger partial charge is 0.325 e. The zero-order valence-corrected chi connectivity index (χ0v) is 14.9. The van der Waals surface area contributed by atoms with Crippen LogP contribution in [0.4, 0.5) is 0 Å². The van der Waals surface area contributed by atoms with Crippen molar-refractivity contribution in [2.24, 2.45) is 0 Å². The Morgan fingerprint density at radius 2 is 1.81 bits per heavy atom. The molecule has 2 aromatic carbocycles. The molecule has 0 N–H and O–H groups in total. The Labute approximate surface area is 152 Å². The molecular weight excluding hydrogens is 334 g/mol. The van der Waals surface area contributed by atoms with E-state index < -0.39 is 5.97 Å². The lowest BCUT2D eigenvalue weighted by atomic mass is 10.1. The van der Waals surface area contributed by atoms with Gasteiger partial charge >= 0.3 is 5.97 Å². The Balaban J connectivity index is 1.87. The minimum absolute atomic E-state index is 0.127. The van der Waals surface area contributed by atoms with Crippen molar-refractivity contribution in [3.05, 3.63) is 59.2 Å². The van der Waals surface area contributed by atoms with Gasteiger partial charge in [-0.25, -0.2) is 0 Å². The third-order valence-corrected chi connectivity index (χ3v) is 4.25. The van der Waals surface area contributed by atoms with Gasteiger partial charge in [0.05, 0.1) is 7.11 Å². The first kappa shape index (κ1) is 17.8. The SMILES string of the molecule is COC(=O)CN(Cc1ccccc1C)C(=O)c1ccc2c(c1)OCCO2. The molecule has 0 bridgehead atoms. The summed E-state index contributed by atoms with van der Waals surface area (Å²) >= 11 is 0. The number of amides is 1. The maximum Gasteiger partial charge on any atom is 0.325 e. The van der Waals surface area contributed by atoms with E-state index in [0.29, 0.717) is 36.8 Å². The summed E-state index contributed by atoms with van der Waals surface area (Å²) in [6.07, 6.45) is 0. The highest BCUT2D eigenvalue weighted by Crippen LogP contribution is 2.31. The third-order valence-electron chi connectivity index (χ3n) is 4.25. The van der Waals surface area contributed by atoms with Crippen molar-refractivity contribution in [1.29, 1.82) is 0 Å². The van der Waals surface area contributed by atoms with Crippen LogP contribution in [0.25, 0.3) is 0 Å². The van der Waals surface area contributed by atoms with Crippen molar-refractivity contribution in [2.45, 2.75) is 13.5 Å². The van der Waals surface area contributed by atoms with Crippen LogP contribution < -0.4 is 9.47 Å². The van der Waals surface area contributed by atoms with Crippen LogP contribution >= 0.6 is 0 Å². The third kappa shape index (κ3) is 3.96. The van der Waals surface area contributed by atoms with E-state index in [9.17, 15) is 9.59 Å². The molecule has 0 unspecified atom stereocenters. The predicted molar refractivity (Wildman–Crippen MR) is 95.4 cm³/mol. The molecule has 26 heavy (non-hydrogen) atoms. The van der Waals surface area contributed by atoms with Crippen molar-refractivity contribution >= 4 is 11.9 Å². The Morgan fingerprint density at radius 1 is 1.08 bits per heavy atom. The van der Waals surface area contributed by atoms with Crippen molar-refractivity contribution in [2.75, 3.05) is 26.9 Å². The summed E-state index contributed by atoms with van der Waals surface area (Å²) in [7, 11) is 1.31. The second-order valence-corrected chi connectivity index (χ2v) is 6.02. The fourth-order valence-electron chi connectivity index (χ4n) is 2.77. The molecule has 0 fully saturated rings. The van der Waals surface area contributed by atoms with Crippen LogP contribution in [0.1, 0.15) is 21.5 Å². The Hall–Kier alpha value is -3.02. The number of hydrogen-bond donors (Lipinski definition) is 0. The zero-order valence-electron chi connectivity index (χ0n) is 14.9. The van der Waals surface area contributed by atoms with Crippen LogP contribution in [-0.4, -0.2) is 43.6 Å². The summed E-state index contributed by atoms with van der Waals surface area (Å²) in [5, 5.41) is 0. The topological polar surface area (TPSA) is 65.1 Å². The van der Waals surface area contributed by atoms with Crippen LogP contribution in [0, 0.1) is 6.92 Å². The van der Waals surface area contributed by atoms with E-state index in [4.69, 9.17) is 14.2 Å². The number of fused-ring (bicyclic) bond motifs is 1. The maximum atomic E-state index is 13.0. The van der Waals surface area contributed by atoms with Gasteiger partial charge in [-0.3, -0.25) is 9.59 Å². The molecule has 1 amide bonds. The molecule has 0 spiro atoms. The molecule has 6 nitrogen and oxygen atoms in total. The van der Waals surface area contributed by atoms with Gasteiger partial charge in [-0.1, -0.05) is 24.3 Å². The second kappa shape index (κ2) is 7.91. The van der Waals surface area contributed by atoms with Gasteiger partial charge in [-0.2, -0.15) is 0 Å². The molecule has 1 aliphatic rings. The largest absolute Gasteiger partial charge is 0.486 e. The predicted octanol–water partition coefficient (Wildman–Crippen LogP) is 2.58. The summed E-state index contributed by atoms with van der Waals surface area (Å²) in [5.74, 6) is 0.419. The van der Waals surface area contributed by atoms with Crippen LogP contribution in [0.5, 0.6) is 11.5 Å². The molecule has 0 radical (unpaired) electrons. The van der Waals surface area contributed by atoms with Gasteiger partial charge in [0.2, 0.25) is 0 Å². The highest BCUT2D eigenvalue weighted by Gasteiger charge is 2.22. The lowest BCUT2D eigenvalue weighted by Gasteiger charge is -2.24. The van der Waals surface area contributed by atoms with Crippen molar-refractivity contribution in [3.8, 4) is 11.5 Å². The number of carbonyl (C=O) groups excluding carboxylic acids is 2. The molecule has 0 saturated carbocycles. The van der Waals surface area contributed by atoms with E-state index in [1.165, 1.54) is 12.0 Å². The highest BCUT2D eigenvalue weighted by molar-refractivity contribution is 5.96. The molecule has 0 aromatic heterocycles. The fourth-order valence-corrected chi connectivity index (χ4v) is 2.77. The van der Waals surface area contributed by atoms with Gasteiger partial charge in [0.15, 0.2) is 11.5 Å². The molecule has 0 saturated heterocycles. The highest BCUT2D eigenvalue weighted by atomic mass is 16.6. The number of rotatable bonds is 5. The number of aryl methyl sites for hydroxylation is 1. The molecular formula is C20H21NO5. The van der Waals surface area contributed by atoms with E-state index >= 15 is 0 Å². The number of carbonyl (C=O) groups is 2. The van der Waals surface area contributed by atoms with Gasteiger partial charge in [-0.15, -0.1) is 0 Å². The maximum absolute atomic E-state index is 13.0. The lowest BCUT2D eigenvalue weighted by molar-refractivity contribution is -0.141. The number of nitrogens with zero attached hydrogens (tertiary/aromatic N) is 1. The van der Waals surface area contributed by atoms with Crippen LogP contribution in [0.15, 0.2) is 42.5 Å². The molecule has 0 aliphatic carbocycles. The first-order chi connectivity index (χ1) is 12.6. The van der Waals surface area contributed by atoms with E-state index in [2.05, 4.69) is 0 Å². The van der Waals surface area contributed by atoms with Crippen LogP contribution in [0.2, 0.25) is 0 Å². The quantitative estimate of drug-likeness (QED) is 0.772. The number of methoxy groups -OCH3 is 1. The van der Waals surface area contributed by atoms with Gasteiger partial charge in [0.1, 0.15) is 19.8 Å². The van der Waals surface area contributed by atoms with E-state index in [0.717, 1.165) is 11.1 Å². The minimum atomic E-state index is -0.468. The lowest BCUT2D eigenvalue weighted by Crippen LogP contribution is -2.36. The molecule has 6 heteroatoms. The van der Waals surface area contributed by atoms with Gasteiger partial charge in [-0.05, 0) is 36.2 Å². The Kier molecular flexibility index (Phi) is 5.41. The van der Waals surface area contributed by atoms with E-state index in [1.54, 1.807) is 18.2 Å². The van der Waals surface area contributed by atoms with Crippen LogP contribution in [-0.2, 0) is 16.1 Å². The fraction of sp³-hybridized carbons (Fsp3) is 0.300. The number of hydrogen-bond acceptors (Lipinski definition) is 5. The molecule has 3 rings (SSSR count). The van der Waals surface area contributed by atoms with E-state index in [1.807, 2.05) is 31.2 Å². The summed E-state index contributed by atoms with van der Waals surface area (Å²) in [6.45, 7) is 3.09. The first-order valence-corrected chi connectivity index (χ1v) is 8.38. The molecule has 0 atom stereocenters.